The molecule has 0 fully saturated rings. The van der Waals surface area contributed by atoms with Crippen molar-refractivity contribution >= 4 is 18.0 Å². The number of nitrogens with two attached hydrogens (primary N) is 2. The van der Waals surface area contributed by atoms with Crippen molar-refractivity contribution in [1.29, 1.82) is 0 Å². The van der Waals surface area contributed by atoms with Crippen LogP contribution in [-0.4, -0.2) is 53.8 Å². The Morgan fingerprint density at radius 3 is 1.95 bits per heavy atom. The molecule has 0 radical (unpaired) electrons. The van der Waals surface area contributed by atoms with Crippen LogP contribution in [0.4, 0.5) is 0 Å². The van der Waals surface area contributed by atoms with Crippen molar-refractivity contribution in [1.82, 2.24) is 4.90 Å². The molecule has 0 bridgehead atoms. The van der Waals surface area contributed by atoms with Gasteiger partial charge in [-0.3, -0.25) is 9.59 Å². The fourth-order valence-electron chi connectivity index (χ4n) is 4.56. The van der Waals surface area contributed by atoms with Gasteiger partial charge in [-0.2, -0.15) is 5.10 Å². The van der Waals surface area contributed by atoms with E-state index >= 15 is 0 Å². The summed E-state index contributed by atoms with van der Waals surface area (Å²) >= 11 is 0. The molecule has 0 saturated carbocycles. The summed E-state index contributed by atoms with van der Waals surface area (Å²) in [5.74, 6) is 6.10. The smallest absolute Gasteiger partial charge is 0.261 e. The number of carbonyl (C=O) groups is 2. The van der Waals surface area contributed by atoms with Gasteiger partial charge in [-0.05, 0) is 102 Å². The quantitative estimate of drug-likeness (QED) is 0.118. The average molecular weight is 555 g/mol. The lowest BCUT2D eigenvalue weighted by Crippen LogP contribution is -2.48. The number of hydrazone groups is 1. The van der Waals surface area contributed by atoms with E-state index in [1.54, 1.807) is 29.3 Å². The second kappa shape index (κ2) is 15.7. The Balaban J connectivity index is 2.05. The summed E-state index contributed by atoms with van der Waals surface area (Å²) in [6, 6.07) is 12.7. The van der Waals surface area contributed by atoms with E-state index in [4.69, 9.17) is 25.8 Å². The van der Waals surface area contributed by atoms with Crippen molar-refractivity contribution in [2.75, 3.05) is 13.2 Å². The summed E-state index contributed by atoms with van der Waals surface area (Å²) in [5, 5.41) is 3.51. The van der Waals surface area contributed by atoms with E-state index in [1.165, 1.54) is 0 Å². The Hall–Kier alpha value is -3.75. The Kier molecular flexibility index (Phi) is 12.8. The number of nitrogens with zero attached hydrogens (tertiary/aromatic N) is 2. The fraction of sp³-hybridized carbons (Fsp3) is 0.516. The van der Waals surface area contributed by atoms with Gasteiger partial charge in [-0.15, -0.1) is 0 Å². The van der Waals surface area contributed by atoms with Gasteiger partial charge < -0.3 is 30.7 Å². The van der Waals surface area contributed by atoms with Gasteiger partial charge in [0.25, 0.3) is 11.8 Å². The van der Waals surface area contributed by atoms with Crippen molar-refractivity contribution in [3.63, 3.8) is 0 Å². The molecule has 0 saturated heterocycles. The molecule has 0 unspecified atom stereocenters. The number of amides is 2. The predicted octanol–water partition coefficient (Wildman–Crippen LogP) is 5.29. The van der Waals surface area contributed by atoms with Crippen molar-refractivity contribution in [2.45, 2.75) is 91.3 Å². The molecule has 2 aromatic rings. The highest BCUT2D eigenvalue weighted by Crippen LogP contribution is 2.33. The Morgan fingerprint density at radius 2 is 1.45 bits per heavy atom. The molecular weight excluding hydrogens is 508 g/mol. The van der Waals surface area contributed by atoms with Gasteiger partial charge in [-0.25, -0.2) is 0 Å². The first-order chi connectivity index (χ1) is 19.1. The molecule has 0 aliphatic rings. The summed E-state index contributed by atoms with van der Waals surface area (Å²) < 4.78 is 18.0. The standard InChI is InChI=1S/C31H46N4O5/c1-7-31(8-2,30(32)37)40-28-20-26(16-17-27(28)29(36)35(22(3)4)23(5)6)39-19-11-9-10-18-38-25-14-12-24(13-15-25)21-34-33/h12-17,20-23H,7-11,18-19,33H2,1-6H3,(H2,32,37). The summed E-state index contributed by atoms with van der Waals surface area (Å²) in [6.45, 7) is 12.7. The molecule has 0 aromatic heterocycles. The number of carbonyl (C=O) groups excluding carboxylic acids is 2. The Labute approximate surface area is 238 Å². The van der Waals surface area contributed by atoms with E-state index in [1.807, 2.05) is 65.8 Å². The van der Waals surface area contributed by atoms with Gasteiger partial charge in [0.2, 0.25) is 0 Å². The van der Waals surface area contributed by atoms with E-state index in [2.05, 4.69) is 5.10 Å². The second-order valence-corrected chi connectivity index (χ2v) is 10.3. The van der Waals surface area contributed by atoms with Crippen LogP contribution in [0.3, 0.4) is 0 Å². The number of hydrogen-bond donors (Lipinski definition) is 2. The number of unbranched alkanes of at least 4 members (excludes halogenated alkanes) is 2. The minimum absolute atomic E-state index is 0.0107. The van der Waals surface area contributed by atoms with Crippen LogP contribution in [-0.2, 0) is 4.79 Å². The zero-order valence-electron chi connectivity index (χ0n) is 24.8. The molecule has 0 spiro atoms. The van der Waals surface area contributed by atoms with Gasteiger partial charge in [0, 0.05) is 18.2 Å². The van der Waals surface area contributed by atoms with Crippen molar-refractivity contribution in [2.24, 2.45) is 16.7 Å². The van der Waals surface area contributed by atoms with Gasteiger partial charge >= 0.3 is 0 Å². The van der Waals surface area contributed by atoms with E-state index in [0.29, 0.717) is 43.1 Å². The third-order valence-electron chi connectivity index (χ3n) is 6.86. The number of benzene rings is 2. The molecule has 0 heterocycles. The lowest BCUT2D eigenvalue weighted by Gasteiger charge is -2.33. The molecule has 0 aliphatic heterocycles. The van der Waals surface area contributed by atoms with E-state index in [-0.39, 0.29) is 18.0 Å². The topological polar surface area (TPSA) is 129 Å². The lowest BCUT2D eigenvalue weighted by molar-refractivity contribution is -0.134. The first kappa shape index (κ1) is 32.5. The third kappa shape index (κ3) is 8.89. The van der Waals surface area contributed by atoms with E-state index in [9.17, 15) is 9.59 Å². The zero-order chi connectivity index (χ0) is 29.7. The summed E-state index contributed by atoms with van der Waals surface area (Å²) in [4.78, 5) is 27.7. The van der Waals surface area contributed by atoms with Crippen LogP contribution in [0.15, 0.2) is 47.6 Å². The van der Waals surface area contributed by atoms with Crippen molar-refractivity contribution in [3.8, 4) is 17.2 Å². The maximum atomic E-state index is 13.6. The van der Waals surface area contributed by atoms with Gasteiger partial charge in [-0.1, -0.05) is 13.8 Å². The zero-order valence-corrected chi connectivity index (χ0v) is 24.8. The Morgan fingerprint density at radius 1 is 0.900 bits per heavy atom. The third-order valence-corrected chi connectivity index (χ3v) is 6.86. The second-order valence-electron chi connectivity index (χ2n) is 10.3. The molecule has 2 amide bonds. The molecule has 9 heteroatoms. The van der Waals surface area contributed by atoms with Crippen LogP contribution >= 0.6 is 0 Å². The number of rotatable bonds is 17. The predicted molar refractivity (Wildman–Crippen MR) is 159 cm³/mol. The summed E-state index contributed by atoms with van der Waals surface area (Å²) in [6.07, 6.45) is 4.97. The molecule has 0 atom stereocenters. The molecule has 220 valence electrons. The van der Waals surface area contributed by atoms with E-state index in [0.717, 1.165) is 30.6 Å². The molecule has 9 nitrogen and oxygen atoms in total. The Bertz CT molecular complexity index is 1100. The van der Waals surface area contributed by atoms with E-state index < -0.39 is 11.5 Å². The monoisotopic (exact) mass is 554 g/mol. The summed E-state index contributed by atoms with van der Waals surface area (Å²) in [7, 11) is 0. The minimum atomic E-state index is -1.22. The first-order valence-electron chi connectivity index (χ1n) is 14.1. The lowest BCUT2D eigenvalue weighted by atomic mass is 9.96. The average Bonchev–Trinajstić information content (AvgIpc) is 2.91. The van der Waals surface area contributed by atoms with Crippen molar-refractivity contribution in [3.05, 3.63) is 53.6 Å². The molecule has 4 N–H and O–H groups in total. The molecule has 2 rings (SSSR count). The van der Waals surface area contributed by atoms with Crippen LogP contribution < -0.4 is 25.8 Å². The van der Waals surface area contributed by atoms with Crippen LogP contribution in [0.5, 0.6) is 17.2 Å². The number of hydrogen-bond acceptors (Lipinski definition) is 7. The van der Waals surface area contributed by atoms with Gasteiger partial charge in [0.15, 0.2) is 5.60 Å². The van der Waals surface area contributed by atoms with Crippen LogP contribution in [0.25, 0.3) is 0 Å². The number of primary amides is 1. The van der Waals surface area contributed by atoms with Crippen LogP contribution in [0.2, 0.25) is 0 Å². The SMILES string of the molecule is CCC(CC)(Oc1cc(OCCCCCOc2ccc(C=NN)cc2)ccc1C(=O)N(C(C)C)C(C)C)C(N)=O. The minimum Gasteiger partial charge on any atom is -0.494 e. The first-order valence-corrected chi connectivity index (χ1v) is 14.1. The van der Waals surface area contributed by atoms with Crippen molar-refractivity contribution < 1.29 is 23.8 Å². The van der Waals surface area contributed by atoms with Crippen LogP contribution in [0.1, 0.15) is 89.6 Å². The largest absolute Gasteiger partial charge is 0.494 e. The highest BCUT2D eigenvalue weighted by atomic mass is 16.5. The maximum Gasteiger partial charge on any atom is 0.261 e. The number of ether oxygens (including phenoxy) is 3. The summed E-state index contributed by atoms with van der Waals surface area (Å²) in [5.41, 5.74) is 5.82. The fourth-order valence-corrected chi connectivity index (χ4v) is 4.56. The van der Waals surface area contributed by atoms with Crippen LogP contribution in [0, 0.1) is 0 Å². The van der Waals surface area contributed by atoms with Gasteiger partial charge in [0.05, 0.1) is 25.0 Å². The molecule has 40 heavy (non-hydrogen) atoms. The highest BCUT2D eigenvalue weighted by Gasteiger charge is 2.37. The highest BCUT2D eigenvalue weighted by molar-refractivity contribution is 5.98. The molecule has 0 aliphatic carbocycles. The van der Waals surface area contributed by atoms with Gasteiger partial charge in [0.1, 0.15) is 17.2 Å². The normalized spacial score (nSPS) is 11.7. The molecular formula is C31H46N4O5. The molecule has 2 aromatic carbocycles. The maximum absolute atomic E-state index is 13.6.